The van der Waals surface area contributed by atoms with Gasteiger partial charge < -0.3 is 4.74 Å². The average Bonchev–Trinajstić information content (AvgIpc) is 2.73. The summed E-state index contributed by atoms with van der Waals surface area (Å²) in [6, 6.07) is 17.1. The maximum absolute atomic E-state index is 13.0. The van der Waals surface area contributed by atoms with Crippen LogP contribution < -0.4 is 0 Å². The minimum absolute atomic E-state index is 0.169. The minimum Gasteiger partial charge on any atom is -0.445 e. The highest BCUT2D eigenvalue weighted by Gasteiger charge is 2.36. The Morgan fingerprint density at radius 3 is 2.38 bits per heavy atom. The third-order valence-corrected chi connectivity index (χ3v) is 6.82. The molecule has 5 nitrogen and oxygen atoms in total. The molecule has 0 saturated heterocycles. The normalized spacial score (nSPS) is 19.3. The molecule has 0 N–H and O–H groups in total. The van der Waals surface area contributed by atoms with Gasteiger partial charge in [0.25, 0.3) is 0 Å². The van der Waals surface area contributed by atoms with Crippen molar-refractivity contribution in [2.24, 2.45) is 0 Å². The van der Waals surface area contributed by atoms with E-state index in [2.05, 4.69) is 6.58 Å². The van der Waals surface area contributed by atoms with Gasteiger partial charge >= 0.3 is 6.09 Å². The average molecular weight is 412 g/mol. The van der Waals surface area contributed by atoms with Crippen LogP contribution in [0.2, 0.25) is 0 Å². The van der Waals surface area contributed by atoms with E-state index >= 15 is 0 Å². The van der Waals surface area contributed by atoms with Gasteiger partial charge in [0.05, 0.1) is 10.9 Å². The second-order valence-electron chi connectivity index (χ2n) is 7.04. The number of nitrogens with zero attached hydrogens (tertiary/aromatic N) is 1. The van der Waals surface area contributed by atoms with Gasteiger partial charge in [-0.3, -0.25) is 4.90 Å². The van der Waals surface area contributed by atoms with E-state index in [0.29, 0.717) is 11.3 Å². The van der Waals surface area contributed by atoms with Crippen molar-refractivity contribution in [2.75, 3.05) is 0 Å². The quantitative estimate of drug-likeness (QED) is 0.645. The summed E-state index contributed by atoms with van der Waals surface area (Å²) < 4.78 is 31.6. The van der Waals surface area contributed by atoms with Gasteiger partial charge in [0.15, 0.2) is 0 Å². The summed E-state index contributed by atoms with van der Waals surface area (Å²) in [6.07, 6.45) is 3.57. The van der Waals surface area contributed by atoms with Crippen LogP contribution >= 0.6 is 0 Å². The van der Waals surface area contributed by atoms with E-state index in [-0.39, 0.29) is 24.0 Å². The smallest absolute Gasteiger partial charge is 0.410 e. The minimum atomic E-state index is -3.60. The van der Waals surface area contributed by atoms with Crippen molar-refractivity contribution in [3.8, 4) is 0 Å². The summed E-state index contributed by atoms with van der Waals surface area (Å²) >= 11 is 0. The Hall–Kier alpha value is -2.86. The van der Waals surface area contributed by atoms with Crippen molar-refractivity contribution in [3.63, 3.8) is 0 Å². The fourth-order valence-corrected chi connectivity index (χ4v) is 5.11. The zero-order valence-electron chi connectivity index (χ0n) is 16.4. The maximum Gasteiger partial charge on any atom is 0.410 e. The van der Waals surface area contributed by atoms with Crippen molar-refractivity contribution in [3.05, 3.63) is 89.9 Å². The summed E-state index contributed by atoms with van der Waals surface area (Å²) in [5.74, 6) is 0. The van der Waals surface area contributed by atoms with E-state index in [9.17, 15) is 13.2 Å². The van der Waals surface area contributed by atoms with Crippen molar-refractivity contribution in [2.45, 2.75) is 43.4 Å². The summed E-state index contributed by atoms with van der Waals surface area (Å²) in [5, 5.41) is 0. The van der Waals surface area contributed by atoms with Crippen LogP contribution in [0.5, 0.6) is 0 Å². The molecule has 3 rings (SSSR count). The standard InChI is InChI=1S/C23H25NO4S/c1-3-10-20-16-22(29(26,27)21-13-8-5-9-14-21)15-18(2)24(20)23(25)28-17-19-11-6-4-7-12-19/h3-9,11-14,16,18,20H,1,10,15,17H2,2H3/t18-,20+/m1/s1. The Kier molecular flexibility index (Phi) is 6.54. The van der Waals surface area contributed by atoms with Crippen LogP contribution in [-0.4, -0.2) is 31.5 Å². The number of benzene rings is 2. The molecule has 1 aliphatic heterocycles. The molecule has 2 atom stereocenters. The molecule has 1 aliphatic rings. The molecule has 6 heteroatoms. The Labute approximate surface area is 172 Å². The highest BCUT2D eigenvalue weighted by molar-refractivity contribution is 7.95. The molecule has 1 amide bonds. The van der Waals surface area contributed by atoms with Crippen LogP contribution in [0, 0.1) is 0 Å². The Balaban J connectivity index is 1.83. The van der Waals surface area contributed by atoms with Gasteiger partial charge in [-0.05, 0) is 37.1 Å². The Morgan fingerprint density at radius 2 is 1.76 bits per heavy atom. The first kappa shape index (κ1) is 20.9. The lowest BCUT2D eigenvalue weighted by molar-refractivity contribution is 0.0699. The molecule has 152 valence electrons. The molecular weight excluding hydrogens is 386 g/mol. The third kappa shape index (κ3) is 4.77. The molecule has 0 spiro atoms. The molecule has 0 fully saturated rings. The van der Waals surface area contributed by atoms with Crippen molar-refractivity contribution >= 4 is 15.9 Å². The predicted molar refractivity (Wildman–Crippen MR) is 113 cm³/mol. The van der Waals surface area contributed by atoms with Crippen LogP contribution in [0.3, 0.4) is 0 Å². The van der Waals surface area contributed by atoms with E-state index in [1.165, 1.54) is 0 Å². The fraction of sp³-hybridized carbons (Fsp3) is 0.261. The SMILES string of the molecule is C=CC[C@H]1C=C(S(=O)(=O)c2ccccc2)C[C@@H](C)N1C(=O)OCc1ccccc1. The molecular formula is C23H25NO4S. The van der Waals surface area contributed by atoms with E-state index in [4.69, 9.17) is 4.74 Å². The van der Waals surface area contributed by atoms with E-state index in [0.717, 1.165) is 5.56 Å². The van der Waals surface area contributed by atoms with Gasteiger partial charge in [-0.25, -0.2) is 13.2 Å². The number of ether oxygens (including phenoxy) is 1. The Bertz CT molecular complexity index is 984. The number of sulfone groups is 1. The van der Waals surface area contributed by atoms with Gasteiger partial charge in [-0.15, -0.1) is 6.58 Å². The number of carbonyl (C=O) groups excluding carboxylic acids is 1. The second-order valence-corrected chi connectivity index (χ2v) is 9.04. The van der Waals surface area contributed by atoms with Gasteiger partial charge in [0.2, 0.25) is 9.84 Å². The summed E-state index contributed by atoms with van der Waals surface area (Å²) in [4.78, 5) is 15.0. The van der Waals surface area contributed by atoms with Crippen LogP contribution in [0.15, 0.2) is 89.2 Å². The lowest BCUT2D eigenvalue weighted by Gasteiger charge is -2.38. The third-order valence-electron chi connectivity index (χ3n) is 4.93. The number of hydrogen-bond acceptors (Lipinski definition) is 4. The molecule has 1 heterocycles. The second kappa shape index (κ2) is 9.09. The molecule has 0 saturated carbocycles. The number of rotatable bonds is 6. The molecule has 0 bridgehead atoms. The molecule has 0 radical (unpaired) electrons. The molecule has 0 aliphatic carbocycles. The lowest BCUT2D eigenvalue weighted by Crippen LogP contribution is -2.48. The van der Waals surface area contributed by atoms with Gasteiger partial charge in [-0.1, -0.05) is 54.6 Å². The van der Waals surface area contributed by atoms with Gasteiger partial charge in [0.1, 0.15) is 6.61 Å². The first-order chi connectivity index (χ1) is 13.9. The largest absolute Gasteiger partial charge is 0.445 e. The van der Waals surface area contributed by atoms with E-state index in [1.54, 1.807) is 47.4 Å². The zero-order chi connectivity index (χ0) is 20.9. The summed E-state index contributed by atoms with van der Waals surface area (Å²) in [5.41, 5.74) is 0.897. The predicted octanol–water partition coefficient (Wildman–Crippen LogP) is 4.72. The molecule has 2 aromatic rings. The zero-order valence-corrected chi connectivity index (χ0v) is 17.2. The Morgan fingerprint density at radius 1 is 1.14 bits per heavy atom. The number of carbonyl (C=O) groups is 1. The van der Waals surface area contributed by atoms with Crippen molar-refractivity contribution < 1.29 is 17.9 Å². The van der Waals surface area contributed by atoms with Gasteiger partial charge in [-0.2, -0.15) is 0 Å². The summed E-state index contributed by atoms with van der Waals surface area (Å²) in [6.45, 7) is 5.76. The molecule has 2 aromatic carbocycles. The molecule has 0 aromatic heterocycles. The van der Waals surface area contributed by atoms with Crippen molar-refractivity contribution in [1.29, 1.82) is 0 Å². The number of amides is 1. The maximum atomic E-state index is 13.0. The fourth-order valence-electron chi connectivity index (χ4n) is 3.49. The van der Waals surface area contributed by atoms with Crippen LogP contribution in [0.4, 0.5) is 4.79 Å². The van der Waals surface area contributed by atoms with Crippen LogP contribution in [0.1, 0.15) is 25.3 Å². The first-order valence-electron chi connectivity index (χ1n) is 9.54. The van der Waals surface area contributed by atoms with E-state index in [1.807, 2.05) is 37.3 Å². The topological polar surface area (TPSA) is 63.7 Å². The van der Waals surface area contributed by atoms with Crippen LogP contribution in [-0.2, 0) is 21.2 Å². The van der Waals surface area contributed by atoms with Gasteiger partial charge in [0, 0.05) is 17.4 Å². The highest BCUT2D eigenvalue weighted by atomic mass is 32.2. The molecule has 29 heavy (non-hydrogen) atoms. The van der Waals surface area contributed by atoms with Crippen LogP contribution in [0.25, 0.3) is 0 Å². The first-order valence-corrected chi connectivity index (χ1v) is 11.0. The highest BCUT2D eigenvalue weighted by Crippen LogP contribution is 2.32. The number of hydrogen-bond donors (Lipinski definition) is 0. The lowest BCUT2D eigenvalue weighted by atomic mass is 10.0. The molecule has 0 unspecified atom stereocenters. The van der Waals surface area contributed by atoms with Crippen molar-refractivity contribution in [1.82, 2.24) is 4.90 Å². The van der Waals surface area contributed by atoms with E-state index < -0.39 is 22.0 Å². The monoisotopic (exact) mass is 411 g/mol. The summed E-state index contributed by atoms with van der Waals surface area (Å²) in [7, 11) is -3.60.